The van der Waals surface area contributed by atoms with E-state index in [1.807, 2.05) is 0 Å². The molecule has 0 aliphatic carbocycles. The molecule has 3 heteroatoms. The molecule has 54 valence electrons. The van der Waals surface area contributed by atoms with Crippen LogP contribution in [0.1, 0.15) is 0 Å². The highest BCUT2D eigenvalue weighted by Crippen LogP contribution is 2.00. The SMILES string of the molecule is NCC1COCCOC1. The van der Waals surface area contributed by atoms with E-state index in [0.717, 1.165) is 26.4 Å². The summed E-state index contributed by atoms with van der Waals surface area (Å²) < 4.78 is 10.4. The van der Waals surface area contributed by atoms with Crippen molar-refractivity contribution >= 4 is 0 Å². The Morgan fingerprint density at radius 3 is 2.22 bits per heavy atom. The monoisotopic (exact) mass is 131 g/mol. The number of ether oxygens (including phenoxy) is 2. The molecule has 0 atom stereocenters. The van der Waals surface area contributed by atoms with E-state index in [-0.39, 0.29) is 0 Å². The quantitative estimate of drug-likeness (QED) is 0.527. The van der Waals surface area contributed by atoms with Gasteiger partial charge in [0.25, 0.3) is 0 Å². The van der Waals surface area contributed by atoms with Gasteiger partial charge in [-0.3, -0.25) is 0 Å². The summed E-state index contributed by atoms with van der Waals surface area (Å²) in [5, 5.41) is 0. The highest BCUT2D eigenvalue weighted by molar-refractivity contribution is 4.59. The molecule has 0 unspecified atom stereocenters. The molecular weight excluding hydrogens is 118 g/mol. The maximum Gasteiger partial charge on any atom is 0.0700 e. The van der Waals surface area contributed by atoms with Gasteiger partial charge in [-0.25, -0.2) is 0 Å². The Kier molecular flexibility index (Phi) is 2.97. The fourth-order valence-corrected chi connectivity index (χ4v) is 0.802. The smallest absolute Gasteiger partial charge is 0.0700 e. The molecule has 0 saturated carbocycles. The van der Waals surface area contributed by atoms with Gasteiger partial charge in [-0.2, -0.15) is 0 Å². The second kappa shape index (κ2) is 3.82. The summed E-state index contributed by atoms with van der Waals surface area (Å²) in [5.41, 5.74) is 5.41. The van der Waals surface area contributed by atoms with Gasteiger partial charge in [-0.05, 0) is 6.54 Å². The van der Waals surface area contributed by atoms with E-state index in [2.05, 4.69) is 0 Å². The molecule has 1 heterocycles. The summed E-state index contributed by atoms with van der Waals surface area (Å²) in [7, 11) is 0. The van der Waals surface area contributed by atoms with E-state index < -0.39 is 0 Å². The van der Waals surface area contributed by atoms with E-state index in [1.165, 1.54) is 0 Å². The fourth-order valence-electron chi connectivity index (χ4n) is 0.802. The summed E-state index contributed by atoms with van der Waals surface area (Å²) in [6, 6.07) is 0. The lowest BCUT2D eigenvalue weighted by Crippen LogP contribution is -2.22. The summed E-state index contributed by atoms with van der Waals surface area (Å²) in [4.78, 5) is 0. The van der Waals surface area contributed by atoms with Gasteiger partial charge in [0.1, 0.15) is 0 Å². The summed E-state index contributed by atoms with van der Waals surface area (Å²) in [6.07, 6.45) is 0. The van der Waals surface area contributed by atoms with E-state index >= 15 is 0 Å². The predicted molar refractivity (Wildman–Crippen MR) is 34.2 cm³/mol. The van der Waals surface area contributed by atoms with Gasteiger partial charge in [-0.15, -0.1) is 0 Å². The van der Waals surface area contributed by atoms with Crippen molar-refractivity contribution in [1.29, 1.82) is 0 Å². The van der Waals surface area contributed by atoms with Crippen LogP contribution in [0.15, 0.2) is 0 Å². The summed E-state index contributed by atoms with van der Waals surface area (Å²) in [6.45, 7) is 3.62. The molecule has 0 amide bonds. The van der Waals surface area contributed by atoms with E-state index in [9.17, 15) is 0 Å². The predicted octanol–water partition coefficient (Wildman–Crippen LogP) is -0.392. The molecule has 0 aromatic heterocycles. The first-order valence-electron chi connectivity index (χ1n) is 3.29. The lowest BCUT2D eigenvalue weighted by Gasteiger charge is -2.07. The number of rotatable bonds is 1. The number of nitrogens with two attached hydrogens (primary N) is 1. The van der Waals surface area contributed by atoms with Gasteiger partial charge in [0, 0.05) is 5.92 Å². The van der Waals surface area contributed by atoms with Gasteiger partial charge < -0.3 is 15.2 Å². The molecular formula is C6H13NO2. The maximum absolute atomic E-state index is 5.41. The van der Waals surface area contributed by atoms with Gasteiger partial charge in [0.2, 0.25) is 0 Å². The first-order valence-corrected chi connectivity index (χ1v) is 3.29. The third-order valence-electron chi connectivity index (χ3n) is 1.41. The summed E-state index contributed by atoms with van der Waals surface area (Å²) in [5.74, 6) is 0.410. The highest BCUT2D eigenvalue weighted by Gasteiger charge is 2.09. The zero-order valence-electron chi connectivity index (χ0n) is 5.51. The van der Waals surface area contributed by atoms with Crippen LogP contribution < -0.4 is 5.73 Å². The molecule has 1 rings (SSSR count). The Morgan fingerprint density at radius 2 is 1.78 bits per heavy atom. The average molecular weight is 131 g/mol. The molecule has 0 radical (unpaired) electrons. The fraction of sp³-hybridized carbons (Fsp3) is 1.00. The second-order valence-electron chi connectivity index (χ2n) is 2.25. The Morgan fingerprint density at radius 1 is 1.22 bits per heavy atom. The number of hydrogen-bond acceptors (Lipinski definition) is 3. The van der Waals surface area contributed by atoms with Crippen LogP contribution in [0.4, 0.5) is 0 Å². The maximum atomic E-state index is 5.41. The van der Waals surface area contributed by atoms with Crippen LogP contribution in [0.3, 0.4) is 0 Å². The van der Waals surface area contributed by atoms with Gasteiger partial charge in [0.05, 0.1) is 26.4 Å². The molecule has 0 spiro atoms. The van der Waals surface area contributed by atoms with Crippen LogP contribution in [-0.4, -0.2) is 33.0 Å². The third-order valence-corrected chi connectivity index (χ3v) is 1.41. The average Bonchev–Trinajstić information content (AvgIpc) is 2.13. The third kappa shape index (κ3) is 2.30. The molecule has 1 fully saturated rings. The summed E-state index contributed by atoms with van der Waals surface area (Å²) >= 11 is 0. The topological polar surface area (TPSA) is 44.5 Å². The highest BCUT2D eigenvalue weighted by atomic mass is 16.5. The van der Waals surface area contributed by atoms with Crippen molar-refractivity contribution in [2.75, 3.05) is 33.0 Å². The van der Waals surface area contributed by atoms with Crippen molar-refractivity contribution in [3.05, 3.63) is 0 Å². The molecule has 0 aromatic carbocycles. The minimum atomic E-state index is 0.410. The van der Waals surface area contributed by atoms with Crippen molar-refractivity contribution in [2.24, 2.45) is 11.7 Å². The standard InChI is InChI=1S/C6H13NO2/c7-3-6-4-8-1-2-9-5-6/h6H,1-5,7H2. The van der Waals surface area contributed by atoms with E-state index in [1.54, 1.807) is 0 Å². The first-order chi connectivity index (χ1) is 4.43. The molecule has 0 bridgehead atoms. The molecule has 1 aliphatic rings. The number of hydrogen-bond donors (Lipinski definition) is 1. The molecule has 1 saturated heterocycles. The lowest BCUT2D eigenvalue weighted by molar-refractivity contribution is 0.103. The van der Waals surface area contributed by atoms with Crippen LogP contribution in [-0.2, 0) is 9.47 Å². The first kappa shape index (κ1) is 6.99. The zero-order chi connectivity index (χ0) is 6.53. The van der Waals surface area contributed by atoms with Crippen molar-refractivity contribution in [3.63, 3.8) is 0 Å². The lowest BCUT2D eigenvalue weighted by atomic mass is 10.2. The van der Waals surface area contributed by atoms with Crippen molar-refractivity contribution in [1.82, 2.24) is 0 Å². The minimum absolute atomic E-state index is 0.410. The minimum Gasteiger partial charge on any atom is -0.379 e. The van der Waals surface area contributed by atoms with Crippen LogP contribution in [0, 0.1) is 5.92 Å². The van der Waals surface area contributed by atoms with Crippen molar-refractivity contribution in [2.45, 2.75) is 0 Å². The Hall–Kier alpha value is -0.120. The van der Waals surface area contributed by atoms with Gasteiger partial charge in [-0.1, -0.05) is 0 Å². The zero-order valence-corrected chi connectivity index (χ0v) is 5.51. The molecule has 2 N–H and O–H groups in total. The largest absolute Gasteiger partial charge is 0.379 e. The molecule has 9 heavy (non-hydrogen) atoms. The van der Waals surface area contributed by atoms with E-state index in [0.29, 0.717) is 12.5 Å². The van der Waals surface area contributed by atoms with Gasteiger partial charge >= 0.3 is 0 Å². The molecule has 3 nitrogen and oxygen atoms in total. The molecule has 0 aromatic rings. The molecule has 1 aliphatic heterocycles. The van der Waals surface area contributed by atoms with Crippen LogP contribution in [0.2, 0.25) is 0 Å². The van der Waals surface area contributed by atoms with E-state index in [4.69, 9.17) is 15.2 Å². The van der Waals surface area contributed by atoms with Crippen LogP contribution >= 0.6 is 0 Å². The Bertz CT molecular complexity index is 69.5. The second-order valence-corrected chi connectivity index (χ2v) is 2.25. The Labute approximate surface area is 55.1 Å². The van der Waals surface area contributed by atoms with Crippen LogP contribution in [0.25, 0.3) is 0 Å². The Balaban J connectivity index is 2.18. The van der Waals surface area contributed by atoms with Crippen LogP contribution in [0.5, 0.6) is 0 Å². The van der Waals surface area contributed by atoms with Gasteiger partial charge in [0.15, 0.2) is 0 Å². The van der Waals surface area contributed by atoms with Crippen molar-refractivity contribution in [3.8, 4) is 0 Å². The van der Waals surface area contributed by atoms with Crippen molar-refractivity contribution < 1.29 is 9.47 Å². The normalized spacial score (nSPS) is 23.7.